The molecule has 130 valence electrons. The van der Waals surface area contributed by atoms with Crippen molar-refractivity contribution in [1.82, 2.24) is 10.3 Å². The van der Waals surface area contributed by atoms with Gasteiger partial charge in [-0.3, -0.25) is 4.79 Å². The van der Waals surface area contributed by atoms with Crippen molar-refractivity contribution in [1.29, 1.82) is 0 Å². The molecule has 0 atom stereocenters. The van der Waals surface area contributed by atoms with E-state index in [2.05, 4.69) is 10.3 Å². The highest BCUT2D eigenvalue weighted by Gasteiger charge is 2.30. The van der Waals surface area contributed by atoms with Gasteiger partial charge in [0.05, 0.1) is 11.3 Å². The van der Waals surface area contributed by atoms with Crippen LogP contribution in [0.1, 0.15) is 24.1 Å². The van der Waals surface area contributed by atoms with Crippen LogP contribution in [0.4, 0.5) is 13.2 Å². The van der Waals surface area contributed by atoms with E-state index in [1.165, 1.54) is 23.5 Å². The molecule has 0 saturated heterocycles. The molecule has 0 radical (unpaired) electrons. The number of aromatic nitrogens is 1. The molecule has 1 heterocycles. The number of rotatable bonds is 7. The number of carbonyl (C=O) groups is 1. The van der Waals surface area contributed by atoms with Crippen LogP contribution in [0.5, 0.6) is 0 Å². The Morgan fingerprint density at radius 1 is 1.25 bits per heavy atom. The maximum Gasteiger partial charge on any atom is 0.416 e. The van der Waals surface area contributed by atoms with Gasteiger partial charge in [0.25, 0.3) is 0 Å². The molecular weight excluding hydrogens is 361 g/mol. The summed E-state index contributed by atoms with van der Waals surface area (Å²) in [5.74, 6) is 0.407. The standard InChI is InChI=1S/C16H16ClF3N2OS/c17-8-1-2-14(23)21-9-7-13-10-24-15(22-13)11-3-5-12(6-4-11)16(18,19)20/h3-6,10H,1-2,7-9H2,(H,21,23). The summed E-state index contributed by atoms with van der Waals surface area (Å²) in [7, 11) is 0. The summed E-state index contributed by atoms with van der Waals surface area (Å²) in [5.41, 5.74) is 0.764. The van der Waals surface area contributed by atoms with Crippen LogP contribution in [0.2, 0.25) is 0 Å². The van der Waals surface area contributed by atoms with Gasteiger partial charge in [0.15, 0.2) is 0 Å². The van der Waals surface area contributed by atoms with Gasteiger partial charge in [-0.05, 0) is 18.6 Å². The molecule has 0 aliphatic carbocycles. The van der Waals surface area contributed by atoms with Gasteiger partial charge in [-0.15, -0.1) is 22.9 Å². The third kappa shape index (κ3) is 5.49. The first-order valence-electron chi connectivity index (χ1n) is 7.35. The highest BCUT2D eigenvalue weighted by Crippen LogP contribution is 2.31. The molecule has 0 saturated carbocycles. The van der Waals surface area contributed by atoms with Crippen molar-refractivity contribution >= 4 is 28.8 Å². The summed E-state index contributed by atoms with van der Waals surface area (Å²) in [6.45, 7) is 0.470. The largest absolute Gasteiger partial charge is 0.416 e. The maximum absolute atomic E-state index is 12.6. The smallest absolute Gasteiger partial charge is 0.356 e. The number of alkyl halides is 4. The van der Waals surface area contributed by atoms with Crippen molar-refractivity contribution in [3.63, 3.8) is 0 Å². The summed E-state index contributed by atoms with van der Waals surface area (Å²) in [6, 6.07) is 4.93. The number of carbonyl (C=O) groups excluding carboxylic acids is 1. The molecule has 1 aromatic carbocycles. The molecule has 0 aliphatic heterocycles. The third-order valence-corrected chi connectivity index (χ3v) is 4.46. The number of hydrogen-bond acceptors (Lipinski definition) is 3. The molecular formula is C16H16ClF3N2OS. The monoisotopic (exact) mass is 376 g/mol. The lowest BCUT2D eigenvalue weighted by molar-refractivity contribution is -0.137. The fourth-order valence-electron chi connectivity index (χ4n) is 2.00. The second-order valence-corrected chi connectivity index (χ2v) is 6.35. The Morgan fingerprint density at radius 3 is 2.58 bits per heavy atom. The van der Waals surface area contributed by atoms with Gasteiger partial charge >= 0.3 is 6.18 Å². The van der Waals surface area contributed by atoms with Gasteiger partial charge in [0.2, 0.25) is 5.91 Å². The summed E-state index contributed by atoms with van der Waals surface area (Å²) < 4.78 is 37.7. The molecule has 0 bridgehead atoms. The first-order valence-corrected chi connectivity index (χ1v) is 8.76. The van der Waals surface area contributed by atoms with E-state index in [0.717, 1.165) is 17.8 Å². The zero-order valence-corrected chi connectivity index (χ0v) is 14.3. The van der Waals surface area contributed by atoms with E-state index >= 15 is 0 Å². The van der Waals surface area contributed by atoms with Gasteiger partial charge in [0, 0.05) is 36.2 Å². The van der Waals surface area contributed by atoms with Crippen LogP contribution in [-0.2, 0) is 17.4 Å². The fourth-order valence-corrected chi connectivity index (χ4v) is 3.00. The number of benzene rings is 1. The minimum atomic E-state index is -4.34. The Balaban J connectivity index is 1.90. The molecule has 0 unspecified atom stereocenters. The first-order chi connectivity index (χ1) is 11.4. The molecule has 3 nitrogen and oxygen atoms in total. The second-order valence-electron chi connectivity index (χ2n) is 5.11. The van der Waals surface area contributed by atoms with Gasteiger partial charge in [-0.2, -0.15) is 13.2 Å². The zero-order chi connectivity index (χ0) is 17.6. The van der Waals surface area contributed by atoms with E-state index in [-0.39, 0.29) is 5.91 Å². The SMILES string of the molecule is O=C(CCCCl)NCCc1csc(-c2ccc(C(F)(F)F)cc2)n1. The molecule has 1 aromatic heterocycles. The number of amides is 1. The van der Waals surface area contributed by atoms with Crippen LogP contribution in [0, 0.1) is 0 Å². The number of hydrogen-bond donors (Lipinski definition) is 1. The Hall–Kier alpha value is -1.60. The van der Waals surface area contributed by atoms with Crippen LogP contribution >= 0.6 is 22.9 Å². The van der Waals surface area contributed by atoms with E-state index in [1.807, 2.05) is 5.38 Å². The van der Waals surface area contributed by atoms with Crippen molar-refractivity contribution in [3.8, 4) is 10.6 Å². The number of halogens is 4. The summed E-state index contributed by atoms with van der Waals surface area (Å²) in [5, 5.41) is 5.29. The van der Waals surface area contributed by atoms with Crippen LogP contribution in [0.25, 0.3) is 10.6 Å². The average Bonchev–Trinajstić information content (AvgIpc) is 3.01. The molecule has 0 aliphatic rings. The molecule has 24 heavy (non-hydrogen) atoms. The van der Waals surface area contributed by atoms with Crippen molar-refractivity contribution in [2.24, 2.45) is 0 Å². The molecule has 2 rings (SSSR count). The molecule has 1 amide bonds. The van der Waals surface area contributed by atoms with Gasteiger partial charge in [-0.1, -0.05) is 12.1 Å². The van der Waals surface area contributed by atoms with Crippen molar-refractivity contribution in [2.75, 3.05) is 12.4 Å². The predicted octanol–water partition coefficient (Wildman–Crippen LogP) is 4.51. The third-order valence-electron chi connectivity index (χ3n) is 3.25. The minimum absolute atomic E-state index is 0.0474. The zero-order valence-electron chi connectivity index (χ0n) is 12.7. The molecule has 0 fully saturated rings. The van der Waals surface area contributed by atoms with E-state index in [0.29, 0.717) is 42.3 Å². The van der Waals surface area contributed by atoms with Crippen LogP contribution in [-0.4, -0.2) is 23.3 Å². The van der Waals surface area contributed by atoms with Crippen LogP contribution in [0.3, 0.4) is 0 Å². The van der Waals surface area contributed by atoms with E-state index in [9.17, 15) is 18.0 Å². The number of thiazole rings is 1. The normalized spacial score (nSPS) is 11.5. The molecule has 1 N–H and O–H groups in total. The van der Waals surface area contributed by atoms with E-state index in [4.69, 9.17) is 11.6 Å². The van der Waals surface area contributed by atoms with Gasteiger partial charge in [-0.25, -0.2) is 4.98 Å². The highest BCUT2D eigenvalue weighted by molar-refractivity contribution is 7.13. The average molecular weight is 377 g/mol. The van der Waals surface area contributed by atoms with E-state index < -0.39 is 11.7 Å². The Labute approximate surface area is 146 Å². The van der Waals surface area contributed by atoms with Crippen molar-refractivity contribution < 1.29 is 18.0 Å². The lowest BCUT2D eigenvalue weighted by Crippen LogP contribution is -2.25. The van der Waals surface area contributed by atoms with Gasteiger partial charge in [0.1, 0.15) is 5.01 Å². The Bertz CT molecular complexity index is 671. The summed E-state index contributed by atoms with van der Waals surface area (Å²) in [4.78, 5) is 15.8. The number of nitrogens with zero attached hydrogens (tertiary/aromatic N) is 1. The van der Waals surface area contributed by atoms with Crippen LogP contribution in [0.15, 0.2) is 29.6 Å². The summed E-state index contributed by atoms with van der Waals surface area (Å²) >= 11 is 6.89. The topological polar surface area (TPSA) is 42.0 Å². The van der Waals surface area contributed by atoms with Gasteiger partial charge < -0.3 is 5.32 Å². The molecule has 2 aromatic rings. The van der Waals surface area contributed by atoms with Crippen LogP contribution < -0.4 is 5.32 Å². The Morgan fingerprint density at radius 2 is 1.96 bits per heavy atom. The van der Waals surface area contributed by atoms with E-state index in [1.54, 1.807) is 0 Å². The summed E-state index contributed by atoms with van der Waals surface area (Å²) in [6.07, 6.45) is -2.72. The fraction of sp³-hybridized carbons (Fsp3) is 0.375. The Kier molecular flexibility index (Phi) is 6.62. The second kappa shape index (κ2) is 8.48. The first kappa shape index (κ1) is 18.7. The lowest BCUT2D eigenvalue weighted by atomic mass is 10.1. The maximum atomic E-state index is 12.6. The lowest BCUT2D eigenvalue weighted by Gasteiger charge is -2.06. The predicted molar refractivity (Wildman–Crippen MR) is 89.2 cm³/mol. The van der Waals surface area contributed by atoms with Crippen molar-refractivity contribution in [2.45, 2.75) is 25.4 Å². The highest BCUT2D eigenvalue weighted by atomic mass is 35.5. The number of nitrogens with one attached hydrogen (secondary N) is 1. The quantitative estimate of drug-likeness (QED) is 0.722. The molecule has 0 spiro atoms. The minimum Gasteiger partial charge on any atom is -0.356 e. The molecule has 8 heteroatoms. The van der Waals surface area contributed by atoms with Crippen molar-refractivity contribution in [3.05, 3.63) is 40.9 Å².